The third-order valence-electron chi connectivity index (χ3n) is 5.22. The smallest absolute Gasteiger partial charge is 0.254 e. The summed E-state index contributed by atoms with van der Waals surface area (Å²) in [5, 5.41) is 13.5. The van der Waals surface area contributed by atoms with Crippen molar-refractivity contribution in [2.45, 2.75) is 51.1 Å². The fourth-order valence-corrected chi connectivity index (χ4v) is 3.29. The van der Waals surface area contributed by atoms with Crippen LogP contribution in [-0.2, 0) is 9.59 Å². The minimum absolute atomic E-state index is 0.0816. The molecule has 2 aliphatic carbocycles. The molecule has 3 aliphatic rings. The second-order valence-electron chi connectivity index (χ2n) is 7.62. The van der Waals surface area contributed by atoms with Crippen molar-refractivity contribution < 1.29 is 9.59 Å². The first-order valence-corrected chi connectivity index (χ1v) is 9.40. The van der Waals surface area contributed by atoms with Crippen LogP contribution in [0.15, 0.2) is 11.8 Å². The van der Waals surface area contributed by atoms with Gasteiger partial charge in [0.1, 0.15) is 0 Å². The van der Waals surface area contributed by atoms with Gasteiger partial charge in [-0.25, -0.2) is 0 Å². The maximum absolute atomic E-state index is 11.9. The van der Waals surface area contributed by atoms with E-state index in [0.717, 1.165) is 12.8 Å². The van der Waals surface area contributed by atoms with Gasteiger partial charge in [-0.1, -0.05) is 0 Å². The van der Waals surface area contributed by atoms with E-state index in [1.165, 1.54) is 12.8 Å². The van der Waals surface area contributed by atoms with Crippen molar-refractivity contribution in [2.24, 2.45) is 5.92 Å². The topological polar surface area (TPSA) is 113 Å². The van der Waals surface area contributed by atoms with Crippen molar-refractivity contribution in [3.63, 3.8) is 0 Å². The van der Waals surface area contributed by atoms with Gasteiger partial charge >= 0.3 is 0 Å². The maximum atomic E-state index is 11.9. The summed E-state index contributed by atoms with van der Waals surface area (Å²) in [5.74, 6) is 1.23. The average Bonchev–Trinajstić information content (AvgIpc) is 3.53. The quantitative estimate of drug-likeness (QED) is 0.521. The lowest BCUT2D eigenvalue weighted by Crippen LogP contribution is -2.21. The normalized spacial score (nSPS) is 22.3. The number of nitrogens with one attached hydrogen (secondary N) is 3. The van der Waals surface area contributed by atoms with Gasteiger partial charge in [0, 0.05) is 23.2 Å². The van der Waals surface area contributed by atoms with E-state index in [1.54, 1.807) is 16.8 Å². The molecule has 3 heterocycles. The van der Waals surface area contributed by atoms with Crippen molar-refractivity contribution in [3.8, 4) is 0 Å². The first-order chi connectivity index (χ1) is 13.1. The minimum Gasteiger partial charge on any atom is -0.351 e. The Labute approximate surface area is 155 Å². The van der Waals surface area contributed by atoms with Crippen LogP contribution in [0.2, 0.25) is 0 Å². The molecule has 2 saturated carbocycles. The Kier molecular flexibility index (Phi) is 3.63. The molecule has 0 unspecified atom stereocenters. The SMILES string of the molecule is C[C@@H](Nc1nc(NC2CC2)n2ncc(/C=C3\CC(=O)NC3=O)c2n1)C1CC1. The van der Waals surface area contributed by atoms with Gasteiger partial charge in [0.2, 0.25) is 17.8 Å². The number of carbonyl (C=O) groups is 2. The summed E-state index contributed by atoms with van der Waals surface area (Å²) in [4.78, 5) is 32.6. The third-order valence-corrected chi connectivity index (χ3v) is 5.22. The molecule has 0 radical (unpaired) electrons. The molecule has 1 aliphatic heterocycles. The number of hydrogen-bond acceptors (Lipinski definition) is 7. The molecule has 2 aromatic rings. The lowest BCUT2D eigenvalue weighted by molar-refractivity contribution is -0.124. The summed E-state index contributed by atoms with van der Waals surface area (Å²) in [6.07, 6.45) is 8.12. The molecule has 0 bridgehead atoms. The van der Waals surface area contributed by atoms with Gasteiger partial charge in [-0.2, -0.15) is 19.6 Å². The molecule has 9 heteroatoms. The molecular formula is C18H21N7O2. The average molecular weight is 367 g/mol. The highest BCUT2D eigenvalue weighted by Crippen LogP contribution is 2.34. The molecule has 3 fully saturated rings. The number of rotatable bonds is 6. The summed E-state index contributed by atoms with van der Waals surface area (Å²) in [6, 6.07) is 0.727. The van der Waals surface area contributed by atoms with E-state index >= 15 is 0 Å². The van der Waals surface area contributed by atoms with Gasteiger partial charge in [0.05, 0.1) is 12.6 Å². The molecule has 9 nitrogen and oxygen atoms in total. The number of aromatic nitrogens is 4. The van der Waals surface area contributed by atoms with E-state index in [-0.39, 0.29) is 18.2 Å². The Morgan fingerprint density at radius 2 is 2.07 bits per heavy atom. The fourth-order valence-electron chi connectivity index (χ4n) is 3.29. The summed E-state index contributed by atoms with van der Waals surface area (Å²) in [5.41, 5.74) is 1.72. The van der Waals surface area contributed by atoms with Crippen LogP contribution in [0.3, 0.4) is 0 Å². The van der Waals surface area contributed by atoms with Gasteiger partial charge < -0.3 is 10.6 Å². The third kappa shape index (κ3) is 3.24. The lowest BCUT2D eigenvalue weighted by Gasteiger charge is -2.14. The van der Waals surface area contributed by atoms with Gasteiger partial charge in [-0.15, -0.1) is 0 Å². The van der Waals surface area contributed by atoms with Crippen LogP contribution >= 0.6 is 0 Å². The van der Waals surface area contributed by atoms with Crippen molar-refractivity contribution in [2.75, 3.05) is 10.6 Å². The molecule has 2 aromatic heterocycles. The zero-order chi connectivity index (χ0) is 18.5. The van der Waals surface area contributed by atoms with E-state index in [0.29, 0.717) is 46.7 Å². The van der Waals surface area contributed by atoms with Crippen LogP contribution < -0.4 is 16.0 Å². The second kappa shape index (κ2) is 6.04. The summed E-state index contributed by atoms with van der Waals surface area (Å²) in [6.45, 7) is 2.15. The number of nitrogens with zero attached hydrogens (tertiary/aromatic N) is 4. The summed E-state index contributed by atoms with van der Waals surface area (Å²) in [7, 11) is 0. The van der Waals surface area contributed by atoms with Crippen molar-refractivity contribution in [1.29, 1.82) is 0 Å². The highest BCUT2D eigenvalue weighted by molar-refractivity contribution is 6.15. The molecule has 0 spiro atoms. The van der Waals surface area contributed by atoms with Crippen LogP contribution in [0.25, 0.3) is 11.7 Å². The Morgan fingerprint density at radius 1 is 1.26 bits per heavy atom. The van der Waals surface area contributed by atoms with Crippen LogP contribution in [-0.4, -0.2) is 43.5 Å². The number of amides is 2. The van der Waals surface area contributed by atoms with Gasteiger partial charge in [0.25, 0.3) is 5.91 Å². The van der Waals surface area contributed by atoms with E-state index in [2.05, 4.69) is 37.9 Å². The first kappa shape index (κ1) is 16.2. The zero-order valence-electron chi connectivity index (χ0n) is 15.0. The first-order valence-electron chi connectivity index (χ1n) is 9.40. The second-order valence-corrected chi connectivity index (χ2v) is 7.62. The number of fused-ring (bicyclic) bond motifs is 1. The number of carbonyl (C=O) groups excluding carboxylic acids is 2. The predicted octanol–water partition coefficient (Wildman–Crippen LogP) is 1.34. The van der Waals surface area contributed by atoms with E-state index in [4.69, 9.17) is 0 Å². The highest BCUT2D eigenvalue weighted by atomic mass is 16.2. The minimum atomic E-state index is -0.356. The predicted molar refractivity (Wildman–Crippen MR) is 99.0 cm³/mol. The molecule has 0 aromatic carbocycles. The molecule has 140 valence electrons. The van der Waals surface area contributed by atoms with Crippen molar-refractivity contribution >= 4 is 35.4 Å². The Bertz CT molecular complexity index is 971. The molecule has 1 saturated heterocycles. The molecule has 5 rings (SSSR count). The van der Waals surface area contributed by atoms with E-state index in [1.807, 2.05) is 0 Å². The zero-order valence-corrected chi connectivity index (χ0v) is 15.0. The monoisotopic (exact) mass is 367 g/mol. The van der Waals surface area contributed by atoms with Crippen LogP contribution in [0.5, 0.6) is 0 Å². The van der Waals surface area contributed by atoms with Gasteiger partial charge in [-0.05, 0) is 44.6 Å². The lowest BCUT2D eigenvalue weighted by atomic mass is 10.1. The molecule has 3 N–H and O–H groups in total. The number of hydrogen-bond donors (Lipinski definition) is 3. The molecule has 1 atom stereocenters. The summed E-state index contributed by atoms with van der Waals surface area (Å²) < 4.78 is 1.66. The Balaban J connectivity index is 1.54. The van der Waals surface area contributed by atoms with Crippen molar-refractivity contribution in [1.82, 2.24) is 24.9 Å². The molecular weight excluding hydrogens is 346 g/mol. The van der Waals surface area contributed by atoms with Gasteiger partial charge in [0.15, 0.2) is 5.65 Å². The molecule has 2 amide bonds. The van der Waals surface area contributed by atoms with Crippen molar-refractivity contribution in [3.05, 3.63) is 17.3 Å². The maximum Gasteiger partial charge on any atom is 0.254 e. The highest BCUT2D eigenvalue weighted by Gasteiger charge is 2.29. The standard InChI is InChI=1S/C18H21N7O2/c1-9(10-2-3-10)20-17-23-15-12(6-11-7-14(26)22-16(11)27)8-19-25(15)18(24-17)21-13-4-5-13/h6,8-10,13H,2-5,7H2,1H3,(H,22,26,27)(H2,20,21,23,24)/b11-6+/t9-/m1/s1. The van der Waals surface area contributed by atoms with E-state index in [9.17, 15) is 9.59 Å². The Hall–Kier alpha value is -2.97. The van der Waals surface area contributed by atoms with Crippen LogP contribution in [0.1, 0.15) is 44.6 Å². The Morgan fingerprint density at radius 3 is 2.74 bits per heavy atom. The fraction of sp³-hybridized carbons (Fsp3) is 0.500. The summed E-state index contributed by atoms with van der Waals surface area (Å²) >= 11 is 0. The number of anilines is 2. The van der Waals surface area contributed by atoms with Crippen LogP contribution in [0.4, 0.5) is 11.9 Å². The van der Waals surface area contributed by atoms with E-state index < -0.39 is 0 Å². The number of imide groups is 1. The molecule has 27 heavy (non-hydrogen) atoms. The largest absolute Gasteiger partial charge is 0.351 e. The van der Waals surface area contributed by atoms with Gasteiger partial charge in [-0.3, -0.25) is 14.9 Å². The van der Waals surface area contributed by atoms with Crippen LogP contribution in [0, 0.1) is 5.92 Å².